The van der Waals surface area contributed by atoms with Gasteiger partial charge in [0.05, 0.1) is 20.8 Å². The molecule has 1 N–H and O–H groups in total. The average Bonchev–Trinajstić information content (AvgIpc) is 2.95. The van der Waals surface area contributed by atoms with E-state index in [0.29, 0.717) is 39.0 Å². The Bertz CT molecular complexity index is 1400. The van der Waals surface area contributed by atoms with E-state index in [2.05, 4.69) is 9.97 Å². The minimum Gasteiger partial charge on any atom is -0.496 e. The third-order valence-corrected chi connectivity index (χ3v) is 6.78. The molecule has 0 bridgehead atoms. The van der Waals surface area contributed by atoms with Crippen molar-refractivity contribution in [2.45, 2.75) is 25.0 Å². The number of carboxylic acid groups (broad SMARTS) is 1. The van der Waals surface area contributed by atoms with E-state index in [4.69, 9.17) is 42.1 Å². The first-order valence-electron chi connectivity index (χ1n) is 12.3. The minimum atomic E-state index is -1.68. The molecule has 0 spiro atoms. The predicted molar refractivity (Wildman–Crippen MR) is 152 cm³/mol. The molecule has 1 unspecified atom stereocenters. The molecule has 40 heavy (non-hydrogen) atoms. The number of halogens is 2. The first-order chi connectivity index (χ1) is 19.3. The monoisotopic (exact) mass is 582 g/mol. The molecule has 0 aliphatic carbocycles. The van der Waals surface area contributed by atoms with Crippen molar-refractivity contribution in [2.75, 3.05) is 20.8 Å². The predicted octanol–water partition coefficient (Wildman–Crippen LogP) is 6.14. The summed E-state index contributed by atoms with van der Waals surface area (Å²) in [6.45, 7) is 1.83. The summed E-state index contributed by atoms with van der Waals surface area (Å²) in [6, 6.07) is 22.5. The fourth-order valence-electron chi connectivity index (χ4n) is 4.42. The summed E-state index contributed by atoms with van der Waals surface area (Å²) in [7, 11) is 3.04. The van der Waals surface area contributed by atoms with Gasteiger partial charge < -0.3 is 24.1 Å². The zero-order chi connectivity index (χ0) is 28.7. The smallest absolute Gasteiger partial charge is 0.348 e. The number of carboxylic acids is 1. The van der Waals surface area contributed by atoms with Gasteiger partial charge in [-0.3, -0.25) is 0 Å². The molecule has 4 rings (SSSR count). The van der Waals surface area contributed by atoms with Crippen molar-refractivity contribution in [3.63, 3.8) is 0 Å². The van der Waals surface area contributed by atoms with Gasteiger partial charge >= 0.3 is 12.0 Å². The van der Waals surface area contributed by atoms with Crippen LogP contribution in [-0.2, 0) is 21.6 Å². The maximum atomic E-state index is 13.0. The molecule has 0 radical (unpaired) electrons. The summed E-state index contributed by atoms with van der Waals surface area (Å²) in [4.78, 5) is 21.6. The number of ether oxygens (including phenoxy) is 4. The number of aromatic nitrogens is 2. The van der Waals surface area contributed by atoms with Crippen molar-refractivity contribution in [1.82, 2.24) is 9.97 Å². The number of hydrogen-bond donors (Lipinski definition) is 1. The summed E-state index contributed by atoms with van der Waals surface area (Å²) in [5, 5.41) is 11.6. The first-order valence-corrected chi connectivity index (χ1v) is 13.1. The molecule has 0 saturated heterocycles. The second-order valence-corrected chi connectivity index (χ2v) is 9.70. The topological polar surface area (TPSA) is 100 Å². The van der Waals surface area contributed by atoms with Gasteiger partial charge in [0.2, 0.25) is 12.0 Å². The summed E-state index contributed by atoms with van der Waals surface area (Å²) < 4.78 is 23.4. The molecular weight excluding hydrogens is 555 g/mol. The van der Waals surface area contributed by atoms with Crippen molar-refractivity contribution < 1.29 is 28.8 Å². The SMILES string of the molecule is COc1cc(C)nc(OC(C(=O)O)C(OCCc2ccccc2OC)(c2ccc(Cl)cc2)c2ccc(Cl)cc2)n1. The van der Waals surface area contributed by atoms with Crippen LogP contribution in [0.15, 0.2) is 78.9 Å². The molecule has 1 aromatic heterocycles. The van der Waals surface area contributed by atoms with Gasteiger partial charge in [-0.2, -0.15) is 4.98 Å². The molecule has 0 saturated carbocycles. The Labute approximate surface area is 242 Å². The Kier molecular flexibility index (Phi) is 9.47. The average molecular weight is 583 g/mol. The fourth-order valence-corrected chi connectivity index (χ4v) is 4.67. The molecule has 208 valence electrons. The van der Waals surface area contributed by atoms with Crippen molar-refractivity contribution in [3.8, 4) is 17.6 Å². The Morgan fingerprint density at radius 1 is 0.900 bits per heavy atom. The number of nitrogens with zero attached hydrogens (tertiary/aromatic N) is 2. The molecule has 10 heteroatoms. The van der Waals surface area contributed by atoms with E-state index in [-0.39, 0.29) is 18.5 Å². The Balaban J connectivity index is 1.87. The largest absolute Gasteiger partial charge is 0.496 e. The standard InChI is InChI=1S/C30H28Cl2N2O6/c1-19-18-26(38-3)34-29(33-19)40-27(28(35)36)30(21-8-12-23(31)13-9-21,22-10-14-24(32)15-11-22)39-17-16-20-6-4-5-7-25(20)37-2/h4-15,18,27H,16-17H2,1-3H3,(H,35,36). The molecule has 3 aromatic carbocycles. The van der Waals surface area contributed by atoms with Gasteiger partial charge in [-0.05, 0) is 60.4 Å². The molecular formula is C30H28Cl2N2O6. The lowest BCUT2D eigenvalue weighted by Gasteiger charge is -2.39. The zero-order valence-corrected chi connectivity index (χ0v) is 23.6. The van der Waals surface area contributed by atoms with Crippen molar-refractivity contribution >= 4 is 29.2 Å². The normalized spacial score (nSPS) is 12.0. The number of methoxy groups -OCH3 is 2. The van der Waals surface area contributed by atoms with Crippen LogP contribution in [0.3, 0.4) is 0 Å². The molecule has 4 aromatic rings. The van der Waals surface area contributed by atoms with Crippen LogP contribution in [0.2, 0.25) is 10.0 Å². The van der Waals surface area contributed by atoms with Crippen LogP contribution in [0, 0.1) is 6.92 Å². The highest BCUT2D eigenvalue weighted by molar-refractivity contribution is 6.30. The lowest BCUT2D eigenvalue weighted by atomic mass is 9.81. The second-order valence-electron chi connectivity index (χ2n) is 8.83. The maximum Gasteiger partial charge on any atom is 0.348 e. The summed E-state index contributed by atoms with van der Waals surface area (Å²) in [6.07, 6.45) is -1.22. The molecule has 0 aliphatic heterocycles. The van der Waals surface area contributed by atoms with Crippen LogP contribution in [0.4, 0.5) is 0 Å². The first kappa shape index (κ1) is 29.1. The quantitative estimate of drug-likeness (QED) is 0.212. The van der Waals surface area contributed by atoms with Gasteiger partial charge in [-0.25, -0.2) is 9.78 Å². The van der Waals surface area contributed by atoms with Crippen LogP contribution >= 0.6 is 23.2 Å². The number of rotatable bonds is 12. The number of carbonyl (C=O) groups is 1. The number of aliphatic carboxylic acids is 1. The van der Waals surface area contributed by atoms with E-state index in [1.165, 1.54) is 7.11 Å². The van der Waals surface area contributed by atoms with E-state index in [1.54, 1.807) is 68.6 Å². The van der Waals surface area contributed by atoms with Crippen LogP contribution in [-0.4, -0.2) is 48.0 Å². The van der Waals surface area contributed by atoms with Crippen LogP contribution < -0.4 is 14.2 Å². The van der Waals surface area contributed by atoms with Gasteiger partial charge in [-0.15, -0.1) is 0 Å². The summed E-state index contributed by atoms with van der Waals surface area (Å²) >= 11 is 12.4. The van der Waals surface area contributed by atoms with E-state index >= 15 is 0 Å². The van der Waals surface area contributed by atoms with Crippen LogP contribution in [0.5, 0.6) is 17.6 Å². The number of para-hydroxylation sites is 1. The molecule has 1 heterocycles. The van der Waals surface area contributed by atoms with Gasteiger partial charge in [0.1, 0.15) is 5.75 Å². The lowest BCUT2D eigenvalue weighted by Crippen LogP contribution is -2.51. The third-order valence-electron chi connectivity index (χ3n) is 6.28. The summed E-state index contributed by atoms with van der Waals surface area (Å²) in [5.74, 6) is -0.375. The van der Waals surface area contributed by atoms with Gasteiger partial charge in [-0.1, -0.05) is 65.7 Å². The highest BCUT2D eigenvalue weighted by Gasteiger charge is 2.50. The molecule has 0 fully saturated rings. The second kappa shape index (κ2) is 13.0. The highest BCUT2D eigenvalue weighted by Crippen LogP contribution is 2.40. The number of aryl methyl sites for hydroxylation is 1. The van der Waals surface area contributed by atoms with Crippen molar-refractivity contribution in [3.05, 3.63) is 111 Å². The van der Waals surface area contributed by atoms with E-state index < -0.39 is 17.7 Å². The highest BCUT2D eigenvalue weighted by atomic mass is 35.5. The zero-order valence-electron chi connectivity index (χ0n) is 22.1. The van der Waals surface area contributed by atoms with Gasteiger partial charge in [0.25, 0.3) is 0 Å². The van der Waals surface area contributed by atoms with Crippen molar-refractivity contribution in [1.29, 1.82) is 0 Å². The molecule has 8 nitrogen and oxygen atoms in total. The third kappa shape index (κ3) is 6.47. The van der Waals surface area contributed by atoms with Gasteiger partial charge in [0.15, 0.2) is 5.60 Å². The van der Waals surface area contributed by atoms with E-state index in [1.807, 2.05) is 24.3 Å². The Morgan fingerprint density at radius 3 is 2.05 bits per heavy atom. The molecule has 0 amide bonds. The molecule has 0 aliphatic rings. The maximum absolute atomic E-state index is 13.0. The Hall–Kier alpha value is -3.85. The minimum absolute atomic E-state index is 0.108. The van der Waals surface area contributed by atoms with Crippen LogP contribution in [0.25, 0.3) is 0 Å². The number of benzene rings is 3. The summed E-state index contributed by atoms with van der Waals surface area (Å²) in [5.41, 5.74) is 0.735. The van der Waals surface area contributed by atoms with E-state index in [9.17, 15) is 9.90 Å². The molecule has 1 atom stereocenters. The van der Waals surface area contributed by atoms with E-state index in [0.717, 1.165) is 5.56 Å². The fraction of sp³-hybridized carbons (Fsp3) is 0.233. The van der Waals surface area contributed by atoms with Crippen LogP contribution in [0.1, 0.15) is 22.4 Å². The Morgan fingerprint density at radius 2 is 1.50 bits per heavy atom. The van der Waals surface area contributed by atoms with Gasteiger partial charge in [0, 0.05) is 21.8 Å². The number of hydrogen-bond acceptors (Lipinski definition) is 7. The lowest BCUT2D eigenvalue weighted by molar-refractivity contribution is -0.164. The van der Waals surface area contributed by atoms with Crippen molar-refractivity contribution in [2.24, 2.45) is 0 Å².